The number of carboxylic acids is 1. The Morgan fingerprint density at radius 3 is 2.38 bits per heavy atom. The summed E-state index contributed by atoms with van der Waals surface area (Å²) < 4.78 is 26.9. The molecule has 0 unspecified atom stereocenters. The van der Waals surface area contributed by atoms with Crippen LogP contribution >= 0.6 is 0 Å². The highest BCUT2D eigenvalue weighted by molar-refractivity contribution is 5.87. The number of hydrogen-bond acceptors (Lipinski definition) is 2. The summed E-state index contributed by atoms with van der Waals surface area (Å²) in [6.45, 7) is 0.300. The van der Waals surface area contributed by atoms with Gasteiger partial charge in [0.2, 0.25) is 0 Å². The number of hydrogen-bond donors (Lipinski definition) is 2. The van der Waals surface area contributed by atoms with E-state index in [1.165, 1.54) is 24.3 Å². The van der Waals surface area contributed by atoms with E-state index in [0.717, 1.165) is 24.5 Å². The predicted octanol–water partition coefficient (Wildman–Crippen LogP) is 3.54. The number of rotatable bonds is 6. The maximum Gasteiger partial charge on any atom is 0.335 e. The molecule has 5 nitrogen and oxygen atoms in total. The number of urea groups is 1. The Labute approximate surface area is 149 Å². The number of carboxylic acid groups (broad SMARTS) is 1. The van der Waals surface area contributed by atoms with Crippen LogP contribution in [0.1, 0.15) is 34.3 Å². The first kappa shape index (κ1) is 17.8. The van der Waals surface area contributed by atoms with Gasteiger partial charge in [-0.1, -0.05) is 18.2 Å². The fourth-order valence-corrected chi connectivity index (χ4v) is 2.63. The lowest BCUT2D eigenvalue weighted by atomic mass is 10.1. The molecule has 1 saturated carbocycles. The van der Waals surface area contributed by atoms with Gasteiger partial charge < -0.3 is 15.3 Å². The molecule has 1 aliphatic rings. The van der Waals surface area contributed by atoms with Crippen molar-refractivity contribution in [2.24, 2.45) is 0 Å². The average Bonchev–Trinajstić information content (AvgIpc) is 3.44. The SMILES string of the molecule is O=C(O)c1ccc(CNC(=O)N(Cc2ccc(F)cc2F)C2CC2)cc1. The fraction of sp³-hybridized carbons (Fsp3) is 0.263. The van der Waals surface area contributed by atoms with Gasteiger partial charge in [-0.05, 0) is 36.6 Å². The molecular weight excluding hydrogens is 342 g/mol. The summed E-state index contributed by atoms with van der Waals surface area (Å²) in [4.78, 5) is 24.9. The third kappa shape index (κ3) is 4.36. The van der Waals surface area contributed by atoms with Gasteiger partial charge in [0.05, 0.1) is 12.1 Å². The van der Waals surface area contributed by atoms with Crippen molar-refractivity contribution in [3.63, 3.8) is 0 Å². The quantitative estimate of drug-likeness (QED) is 0.828. The van der Waals surface area contributed by atoms with Gasteiger partial charge in [0, 0.05) is 24.2 Å². The second-order valence-electron chi connectivity index (χ2n) is 6.26. The summed E-state index contributed by atoms with van der Waals surface area (Å²) in [6.07, 6.45) is 1.70. The molecule has 0 saturated heterocycles. The molecule has 136 valence electrons. The Bertz CT molecular complexity index is 820. The number of aromatic carboxylic acids is 1. The van der Waals surface area contributed by atoms with Crippen LogP contribution in [-0.2, 0) is 13.1 Å². The van der Waals surface area contributed by atoms with Crippen LogP contribution in [0.25, 0.3) is 0 Å². The van der Waals surface area contributed by atoms with Gasteiger partial charge in [-0.15, -0.1) is 0 Å². The molecule has 2 aromatic carbocycles. The van der Waals surface area contributed by atoms with E-state index in [9.17, 15) is 18.4 Å². The Morgan fingerprint density at radius 1 is 1.12 bits per heavy atom. The molecule has 0 atom stereocenters. The largest absolute Gasteiger partial charge is 0.478 e. The first-order valence-electron chi connectivity index (χ1n) is 8.24. The smallest absolute Gasteiger partial charge is 0.335 e. The minimum atomic E-state index is -1.01. The van der Waals surface area contributed by atoms with E-state index in [0.29, 0.717) is 0 Å². The molecular formula is C19H18F2N2O3. The second kappa shape index (κ2) is 7.51. The van der Waals surface area contributed by atoms with Crippen molar-refractivity contribution >= 4 is 12.0 Å². The van der Waals surface area contributed by atoms with Crippen molar-refractivity contribution in [2.45, 2.75) is 32.0 Å². The van der Waals surface area contributed by atoms with Crippen LogP contribution in [-0.4, -0.2) is 28.0 Å². The minimum Gasteiger partial charge on any atom is -0.478 e. The molecule has 0 spiro atoms. The number of nitrogens with one attached hydrogen (secondary N) is 1. The zero-order valence-electron chi connectivity index (χ0n) is 13.9. The molecule has 1 fully saturated rings. The van der Waals surface area contributed by atoms with Crippen LogP contribution in [0.2, 0.25) is 0 Å². The molecule has 2 aromatic rings. The predicted molar refractivity (Wildman–Crippen MR) is 90.6 cm³/mol. The van der Waals surface area contributed by atoms with Crippen LogP contribution in [0.5, 0.6) is 0 Å². The highest BCUT2D eigenvalue weighted by Gasteiger charge is 2.33. The molecule has 1 aliphatic carbocycles. The van der Waals surface area contributed by atoms with Gasteiger partial charge >= 0.3 is 12.0 Å². The van der Waals surface area contributed by atoms with Gasteiger partial charge in [-0.25, -0.2) is 18.4 Å². The first-order valence-corrected chi connectivity index (χ1v) is 8.24. The molecule has 0 aliphatic heterocycles. The number of halogens is 2. The van der Waals surface area contributed by atoms with E-state index >= 15 is 0 Å². The molecule has 7 heteroatoms. The summed E-state index contributed by atoms with van der Waals surface area (Å²) in [5.41, 5.74) is 1.19. The summed E-state index contributed by atoms with van der Waals surface area (Å²) in [7, 11) is 0. The standard InChI is InChI=1S/C19H18F2N2O3/c20-15-6-5-14(17(21)9-15)11-23(16-7-8-16)19(26)22-10-12-1-3-13(4-2-12)18(24)25/h1-6,9,16H,7-8,10-11H2,(H,22,26)(H,24,25). The molecule has 0 aromatic heterocycles. The molecule has 0 radical (unpaired) electrons. The molecule has 0 heterocycles. The second-order valence-corrected chi connectivity index (χ2v) is 6.26. The van der Waals surface area contributed by atoms with Crippen LogP contribution in [0.3, 0.4) is 0 Å². The third-order valence-corrected chi connectivity index (χ3v) is 4.25. The maximum absolute atomic E-state index is 13.9. The van der Waals surface area contributed by atoms with Gasteiger partial charge in [0.25, 0.3) is 0 Å². The van der Waals surface area contributed by atoms with Gasteiger partial charge in [-0.3, -0.25) is 0 Å². The Morgan fingerprint density at radius 2 is 1.81 bits per heavy atom. The van der Waals surface area contributed by atoms with E-state index < -0.39 is 17.6 Å². The lowest BCUT2D eigenvalue weighted by Gasteiger charge is -2.23. The average molecular weight is 360 g/mol. The summed E-state index contributed by atoms with van der Waals surface area (Å²) >= 11 is 0. The lowest BCUT2D eigenvalue weighted by molar-refractivity contribution is 0.0697. The zero-order chi connectivity index (χ0) is 18.7. The van der Waals surface area contributed by atoms with Crippen LogP contribution in [0.4, 0.5) is 13.6 Å². The van der Waals surface area contributed by atoms with Crippen molar-refractivity contribution in [1.82, 2.24) is 10.2 Å². The number of benzene rings is 2. The van der Waals surface area contributed by atoms with Crippen LogP contribution in [0, 0.1) is 11.6 Å². The number of carbonyl (C=O) groups excluding carboxylic acids is 1. The van der Waals surface area contributed by atoms with E-state index in [1.807, 2.05) is 0 Å². The fourth-order valence-electron chi connectivity index (χ4n) is 2.63. The highest BCUT2D eigenvalue weighted by atomic mass is 19.1. The Kier molecular flexibility index (Phi) is 5.16. The normalized spacial score (nSPS) is 13.3. The topological polar surface area (TPSA) is 69.6 Å². The Balaban J connectivity index is 1.63. The van der Waals surface area contributed by atoms with Gasteiger partial charge in [0.1, 0.15) is 11.6 Å². The summed E-state index contributed by atoms with van der Waals surface area (Å²) in [5.74, 6) is -2.34. The monoisotopic (exact) mass is 360 g/mol. The van der Waals surface area contributed by atoms with Gasteiger partial charge in [-0.2, -0.15) is 0 Å². The van der Waals surface area contributed by atoms with Crippen molar-refractivity contribution in [1.29, 1.82) is 0 Å². The van der Waals surface area contributed by atoms with Crippen molar-refractivity contribution in [3.8, 4) is 0 Å². The van der Waals surface area contributed by atoms with Crippen molar-refractivity contribution in [2.75, 3.05) is 0 Å². The molecule has 2 amide bonds. The number of amides is 2. The number of carbonyl (C=O) groups is 2. The number of nitrogens with zero attached hydrogens (tertiary/aromatic N) is 1. The van der Waals surface area contributed by atoms with E-state index in [1.54, 1.807) is 17.0 Å². The molecule has 2 N–H and O–H groups in total. The van der Waals surface area contributed by atoms with Crippen LogP contribution < -0.4 is 5.32 Å². The summed E-state index contributed by atoms with van der Waals surface area (Å²) in [6, 6.07) is 9.24. The highest BCUT2D eigenvalue weighted by Crippen LogP contribution is 2.29. The minimum absolute atomic E-state index is 0.0499. The molecule has 26 heavy (non-hydrogen) atoms. The third-order valence-electron chi connectivity index (χ3n) is 4.25. The first-order chi connectivity index (χ1) is 12.4. The summed E-state index contributed by atoms with van der Waals surface area (Å²) in [5, 5.41) is 11.6. The molecule has 0 bridgehead atoms. The van der Waals surface area contributed by atoms with Crippen molar-refractivity contribution in [3.05, 3.63) is 70.8 Å². The Hall–Kier alpha value is -2.96. The maximum atomic E-state index is 13.9. The van der Waals surface area contributed by atoms with E-state index in [4.69, 9.17) is 5.11 Å². The van der Waals surface area contributed by atoms with E-state index in [2.05, 4.69) is 5.32 Å². The zero-order valence-corrected chi connectivity index (χ0v) is 13.9. The van der Waals surface area contributed by atoms with E-state index in [-0.39, 0.29) is 36.3 Å². The van der Waals surface area contributed by atoms with Crippen molar-refractivity contribution < 1.29 is 23.5 Å². The van der Waals surface area contributed by atoms with Gasteiger partial charge in [0.15, 0.2) is 0 Å². The van der Waals surface area contributed by atoms with Crippen LogP contribution in [0.15, 0.2) is 42.5 Å². The molecule has 3 rings (SSSR count). The lowest BCUT2D eigenvalue weighted by Crippen LogP contribution is -2.40.